The molecule has 0 atom stereocenters. The first-order valence-corrected chi connectivity index (χ1v) is 10.2. The lowest BCUT2D eigenvalue weighted by atomic mass is 10.3. The van der Waals surface area contributed by atoms with Gasteiger partial charge >= 0.3 is 0 Å². The number of hydrogen-bond donors (Lipinski definition) is 0. The molecule has 0 N–H and O–H groups in total. The molecule has 2 saturated heterocycles. The van der Waals surface area contributed by atoms with Crippen molar-refractivity contribution >= 4 is 32.4 Å². The summed E-state index contributed by atoms with van der Waals surface area (Å²) in [4.78, 5) is 20.7. The van der Waals surface area contributed by atoms with Gasteiger partial charge in [0.2, 0.25) is 10.0 Å². The van der Waals surface area contributed by atoms with Crippen LogP contribution in [-0.2, 0) is 14.8 Å². The Morgan fingerprint density at radius 2 is 1.83 bits per heavy atom. The molecule has 0 aliphatic carbocycles. The highest BCUT2D eigenvalue weighted by Crippen LogP contribution is 2.22. The lowest BCUT2D eigenvalue weighted by Gasteiger charge is -2.32. The highest BCUT2D eigenvalue weighted by molar-refractivity contribution is 7.88. The van der Waals surface area contributed by atoms with Gasteiger partial charge < -0.3 is 14.5 Å². The van der Waals surface area contributed by atoms with Crippen LogP contribution in [0.3, 0.4) is 0 Å². The molecule has 1 amide bonds. The van der Waals surface area contributed by atoms with E-state index in [1.807, 2.05) is 0 Å². The van der Waals surface area contributed by atoms with E-state index in [2.05, 4.69) is 9.88 Å². The Bertz CT molecular complexity index is 661. The first-order chi connectivity index (χ1) is 10.9. The van der Waals surface area contributed by atoms with Crippen LogP contribution < -0.4 is 4.90 Å². The van der Waals surface area contributed by atoms with Crippen molar-refractivity contribution in [1.82, 2.24) is 14.2 Å². The van der Waals surface area contributed by atoms with Crippen molar-refractivity contribution in [2.45, 2.75) is 0 Å². The molecule has 2 aliphatic heterocycles. The molecule has 23 heavy (non-hydrogen) atoms. The fraction of sp³-hybridized carbons (Fsp3) is 0.692. The van der Waals surface area contributed by atoms with Gasteiger partial charge in [0.05, 0.1) is 19.5 Å². The van der Waals surface area contributed by atoms with Gasteiger partial charge in [-0.1, -0.05) is 0 Å². The highest BCUT2D eigenvalue weighted by atomic mass is 32.2. The number of morpholine rings is 1. The maximum absolute atomic E-state index is 12.5. The summed E-state index contributed by atoms with van der Waals surface area (Å²) in [6.45, 7) is 4.40. The molecule has 3 rings (SSSR count). The van der Waals surface area contributed by atoms with Gasteiger partial charge in [0.15, 0.2) is 5.13 Å². The van der Waals surface area contributed by atoms with Crippen molar-refractivity contribution in [3.8, 4) is 0 Å². The zero-order chi connectivity index (χ0) is 16.4. The van der Waals surface area contributed by atoms with Gasteiger partial charge in [-0.25, -0.2) is 13.4 Å². The number of piperazine rings is 1. The molecule has 2 fully saturated rings. The summed E-state index contributed by atoms with van der Waals surface area (Å²) in [6, 6.07) is 0. The van der Waals surface area contributed by atoms with Crippen molar-refractivity contribution in [3.63, 3.8) is 0 Å². The molecule has 1 aromatic rings. The fourth-order valence-electron chi connectivity index (χ4n) is 2.65. The number of ether oxygens (including phenoxy) is 1. The van der Waals surface area contributed by atoms with Crippen molar-refractivity contribution in [3.05, 3.63) is 11.1 Å². The highest BCUT2D eigenvalue weighted by Gasteiger charge is 2.28. The van der Waals surface area contributed by atoms with E-state index >= 15 is 0 Å². The number of carbonyl (C=O) groups is 1. The molecular formula is C13H20N4O4S2. The molecule has 0 unspecified atom stereocenters. The second kappa shape index (κ2) is 6.71. The quantitative estimate of drug-likeness (QED) is 0.736. The van der Waals surface area contributed by atoms with Crippen molar-refractivity contribution in [2.75, 3.05) is 63.6 Å². The van der Waals surface area contributed by atoms with E-state index in [1.54, 1.807) is 10.3 Å². The predicted octanol–water partition coefficient (Wildman–Crippen LogP) is -0.303. The second-order valence-corrected chi connectivity index (χ2v) is 8.39. The summed E-state index contributed by atoms with van der Waals surface area (Å²) in [7, 11) is -3.19. The Labute approximate surface area is 139 Å². The van der Waals surface area contributed by atoms with Gasteiger partial charge in [-0.3, -0.25) is 4.79 Å². The molecule has 0 aromatic carbocycles. The third-order valence-electron chi connectivity index (χ3n) is 3.99. The van der Waals surface area contributed by atoms with E-state index < -0.39 is 10.0 Å². The minimum absolute atomic E-state index is 0.131. The Morgan fingerprint density at radius 1 is 1.17 bits per heavy atom. The van der Waals surface area contributed by atoms with Crippen LogP contribution >= 0.6 is 11.3 Å². The number of sulfonamides is 1. The number of rotatable bonds is 3. The summed E-state index contributed by atoms with van der Waals surface area (Å²) < 4.78 is 29.7. The van der Waals surface area contributed by atoms with Crippen LogP contribution in [0.15, 0.2) is 5.38 Å². The number of nitrogens with zero attached hydrogens (tertiary/aromatic N) is 4. The Balaban J connectivity index is 1.62. The van der Waals surface area contributed by atoms with Crippen LogP contribution in [0.2, 0.25) is 0 Å². The molecular weight excluding hydrogens is 340 g/mol. The van der Waals surface area contributed by atoms with Crippen LogP contribution in [0.5, 0.6) is 0 Å². The first-order valence-electron chi connectivity index (χ1n) is 7.48. The standard InChI is InChI=1S/C13H20N4O4S2/c1-23(19,20)17-4-2-15(3-5-17)12(18)11-10-22-13(14-11)16-6-8-21-9-7-16/h10H,2-9H2,1H3. The molecule has 0 bridgehead atoms. The zero-order valence-electron chi connectivity index (χ0n) is 13.0. The summed E-state index contributed by atoms with van der Waals surface area (Å²) >= 11 is 1.46. The third kappa shape index (κ3) is 3.82. The number of hydrogen-bond acceptors (Lipinski definition) is 7. The van der Waals surface area contributed by atoms with E-state index in [4.69, 9.17) is 4.74 Å². The van der Waals surface area contributed by atoms with Gasteiger partial charge in [0.1, 0.15) is 5.69 Å². The number of anilines is 1. The zero-order valence-corrected chi connectivity index (χ0v) is 14.6. The molecule has 3 heterocycles. The lowest BCUT2D eigenvalue weighted by molar-refractivity contribution is 0.0693. The van der Waals surface area contributed by atoms with Crippen LogP contribution in [0.4, 0.5) is 5.13 Å². The monoisotopic (exact) mass is 360 g/mol. The van der Waals surface area contributed by atoms with E-state index in [1.165, 1.54) is 21.9 Å². The van der Waals surface area contributed by atoms with Crippen LogP contribution in [0, 0.1) is 0 Å². The van der Waals surface area contributed by atoms with Crippen molar-refractivity contribution < 1.29 is 17.9 Å². The summed E-state index contributed by atoms with van der Waals surface area (Å²) in [5.74, 6) is -0.131. The maximum atomic E-state index is 12.5. The second-order valence-electron chi connectivity index (χ2n) is 5.57. The summed E-state index contributed by atoms with van der Waals surface area (Å²) in [5, 5.41) is 2.61. The van der Waals surface area contributed by atoms with E-state index in [9.17, 15) is 13.2 Å². The van der Waals surface area contributed by atoms with Crippen molar-refractivity contribution in [1.29, 1.82) is 0 Å². The van der Waals surface area contributed by atoms with E-state index in [0.717, 1.165) is 18.2 Å². The number of aromatic nitrogens is 1. The SMILES string of the molecule is CS(=O)(=O)N1CCN(C(=O)c2csc(N3CCOCC3)n2)CC1. The maximum Gasteiger partial charge on any atom is 0.273 e. The first kappa shape index (κ1) is 16.6. The molecule has 10 heteroatoms. The minimum atomic E-state index is -3.19. The fourth-order valence-corrected chi connectivity index (χ4v) is 4.33. The molecule has 0 radical (unpaired) electrons. The van der Waals surface area contributed by atoms with Crippen LogP contribution in [0.1, 0.15) is 10.5 Å². The summed E-state index contributed by atoms with van der Waals surface area (Å²) in [5.41, 5.74) is 0.435. The smallest absolute Gasteiger partial charge is 0.273 e. The van der Waals surface area contributed by atoms with E-state index in [0.29, 0.717) is 45.1 Å². The van der Waals surface area contributed by atoms with Gasteiger partial charge in [0, 0.05) is 44.6 Å². The molecule has 1 aromatic heterocycles. The molecule has 0 saturated carbocycles. The Hall–Kier alpha value is -1.23. The molecule has 128 valence electrons. The Kier molecular flexibility index (Phi) is 4.85. The van der Waals surface area contributed by atoms with Crippen LogP contribution in [-0.4, -0.2) is 87.3 Å². The normalized spacial score (nSPS) is 20.7. The van der Waals surface area contributed by atoms with Gasteiger partial charge in [0.25, 0.3) is 5.91 Å². The van der Waals surface area contributed by atoms with Gasteiger partial charge in [-0.2, -0.15) is 4.31 Å². The third-order valence-corrected chi connectivity index (χ3v) is 6.19. The predicted molar refractivity (Wildman–Crippen MR) is 87.5 cm³/mol. The van der Waals surface area contributed by atoms with Crippen molar-refractivity contribution in [2.24, 2.45) is 0 Å². The average molecular weight is 360 g/mol. The topological polar surface area (TPSA) is 83.1 Å². The van der Waals surface area contributed by atoms with Gasteiger partial charge in [-0.05, 0) is 0 Å². The molecule has 8 nitrogen and oxygen atoms in total. The number of amides is 1. The Morgan fingerprint density at radius 3 is 2.43 bits per heavy atom. The molecule has 0 spiro atoms. The largest absolute Gasteiger partial charge is 0.378 e. The van der Waals surface area contributed by atoms with Gasteiger partial charge in [-0.15, -0.1) is 11.3 Å². The van der Waals surface area contributed by atoms with E-state index in [-0.39, 0.29) is 5.91 Å². The lowest BCUT2D eigenvalue weighted by Crippen LogP contribution is -2.50. The number of carbonyl (C=O) groups excluding carboxylic acids is 1. The number of thiazole rings is 1. The van der Waals surface area contributed by atoms with Crippen LogP contribution in [0.25, 0.3) is 0 Å². The molecule has 2 aliphatic rings. The average Bonchev–Trinajstić information content (AvgIpc) is 3.04. The summed E-state index contributed by atoms with van der Waals surface area (Å²) in [6.07, 6.45) is 1.19. The minimum Gasteiger partial charge on any atom is -0.378 e.